The highest BCUT2D eigenvalue weighted by molar-refractivity contribution is 8.00. The van der Waals surface area contributed by atoms with Crippen molar-refractivity contribution in [3.8, 4) is 6.07 Å². The highest BCUT2D eigenvalue weighted by Gasteiger charge is 2.57. The maximum absolute atomic E-state index is 13.0. The molecule has 3 atom stereocenters. The number of thioether (sulfide) groups is 2. The number of β-lactam (4-membered cyclic amide) rings is 1. The molecule has 39 heavy (non-hydrogen) atoms. The van der Waals surface area contributed by atoms with Crippen LogP contribution >= 0.6 is 34.9 Å². The number of thiazole rings is 1. The number of fused-ring (bicyclic) bond motifs is 1. The summed E-state index contributed by atoms with van der Waals surface area (Å²) < 4.78 is 1.49. The number of aliphatic carboxylic acids is 1. The van der Waals surface area contributed by atoms with Crippen molar-refractivity contribution in [2.75, 3.05) is 30.0 Å². The lowest BCUT2D eigenvalue weighted by molar-refractivity contribution is -0.157. The van der Waals surface area contributed by atoms with Crippen LogP contribution < -0.4 is 10.6 Å². The standard InChI is InChI=1S/C20H20N10O6S3/c1-2-4-30-19(25-27-28-30)39-9-20(17(34)35)7-29-15(33)13(16(29)38-8-20)24-14(32)12(26-36-5-3-21)11-6-37-18(23-11)22-10-31/h2,6,10,13,16H,1,4-5,7-9H2,(H,24,32)(H,34,35)(H,22,23,31)/t13?,16-,20?/m1/s1. The molecule has 0 aromatic carbocycles. The van der Waals surface area contributed by atoms with Gasteiger partial charge in [0.2, 0.25) is 24.1 Å². The van der Waals surface area contributed by atoms with Crippen LogP contribution in [0, 0.1) is 16.7 Å². The molecule has 0 aliphatic carbocycles. The van der Waals surface area contributed by atoms with Gasteiger partial charge in [0, 0.05) is 23.4 Å². The van der Waals surface area contributed by atoms with Crippen molar-refractivity contribution in [2.45, 2.75) is 23.1 Å². The average Bonchev–Trinajstić information content (AvgIpc) is 3.58. The Labute approximate surface area is 232 Å². The van der Waals surface area contributed by atoms with Crippen molar-refractivity contribution < 1.29 is 29.1 Å². The fraction of sp³-hybridized carbons (Fsp3) is 0.400. The van der Waals surface area contributed by atoms with E-state index in [1.54, 1.807) is 12.1 Å². The first-order valence-electron chi connectivity index (χ1n) is 11.0. The minimum Gasteiger partial charge on any atom is -0.481 e. The molecule has 2 unspecified atom stereocenters. The number of nitrogens with zero attached hydrogens (tertiary/aromatic N) is 8. The van der Waals surface area contributed by atoms with Crippen molar-refractivity contribution in [3.63, 3.8) is 0 Å². The summed E-state index contributed by atoms with van der Waals surface area (Å²) in [4.78, 5) is 59.4. The van der Waals surface area contributed by atoms with Crippen molar-refractivity contribution in [2.24, 2.45) is 10.6 Å². The third-order valence-electron chi connectivity index (χ3n) is 5.59. The minimum absolute atomic E-state index is 0.0553. The van der Waals surface area contributed by atoms with E-state index < -0.39 is 41.2 Å². The zero-order valence-corrected chi connectivity index (χ0v) is 22.4. The number of nitriles is 1. The van der Waals surface area contributed by atoms with Gasteiger partial charge in [-0.1, -0.05) is 23.0 Å². The van der Waals surface area contributed by atoms with Crippen LogP contribution in [0.15, 0.2) is 28.3 Å². The van der Waals surface area contributed by atoms with Crippen molar-refractivity contribution in [3.05, 3.63) is 23.7 Å². The number of carbonyl (C=O) groups is 4. The number of carboxylic acids is 1. The number of amides is 3. The monoisotopic (exact) mass is 592 g/mol. The smallest absolute Gasteiger partial charge is 0.313 e. The van der Waals surface area contributed by atoms with E-state index in [-0.39, 0.29) is 34.6 Å². The third-order valence-corrected chi connectivity index (χ3v) is 9.20. The van der Waals surface area contributed by atoms with Gasteiger partial charge < -0.3 is 25.5 Å². The van der Waals surface area contributed by atoms with Gasteiger partial charge >= 0.3 is 5.97 Å². The zero-order chi connectivity index (χ0) is 28.0. The number of allylic oxidation sites excluding steroid dienone is 1. The van der Waals surface area contributed by atoms with Gasteiger partial charge in [-0.3, -0.25) is 19.2 Å². The number of rotatable bonds is 13. The Balaban J connectivity index is 1.43. The number of carbonyl (C=O) groups excluding carboxylic acids is 3. The first kappa shape index (κ1) is 28.0. The fourth-order valence-electron chi connectivity index (χ4n) is 3.68. The van der Waals surface area contributed by atoms with Crippen LogP contribution in [0.25, 0.3) is 0 Å². The SMILES string of the molecule is C=CCn1nnnc1SCC1(C(=O)O)CS[C@@H]2C(NC(=O)C(=NOCC#N)c3csc(NC=O)n3)C(=O)N2C1. The molecule has 2 aromatic heterocycles. The average molecular weight is 593 g/mol. The number of oxime groups is 1. The van der Waals surface area contributed by atoms with Crippen LogP contribution in [0.4, 0.5) is 5.13 Å². The van der Waals surface area contributed by atoms with Gasteiger partial charge in [-0.15, -0.1) is 34.8 Å². The molecule has 19 heteroatoms. The van der Waals surface area contributed by atoms with Gasteiger partial charge in [0.25, 0.3) is 5.91 Å². The van der Waals surface area contributed by atoms with E-state index in [0.717, 1.165) is 11.3 Å². The normalized spacial score (nSPS) is 22.2. The molecule has 0 saturated carbocycles. The molecule has 16 nitrogen and oxygen atoms in total. The maximum atomic E-state index is 13.0. The quantitative estimate of drug-likeness (QED) is 0.0503. The Morgan fingerprint density at radius 3 is 3.03 bits per heavy atom. The topological polar surface area (TPSA) is 218 Å². The molecule has 204 valence electrons. The van der Waals surface area contributed by atoms with E-state index in [4.69, 9.17) is 10.1 Å². The number of anilines is 1. The molecule has 0 spiro atoms. The second kappa shape index (κ2) is 12.2. The number of hydrogen-bond acceptors (Lipinski definition) is 14. The lowest BCUT2D eigenvalue weighted by atomic mass is 9.89. The molecule has 2 fully saturated rings. The summed E-state index contributed by atoms with van der Waals surface area (Å²) in [6, 6.07) is 0.788. The van der Waals surface area contributed by atoms with E-state index >= 15 is 0 Å². The molecule has 3 N–H and O–H groups in total. The minimum atomic E-state index is -1.26. The Kier molecular flexibility index (Phi) is 8.78. The molecule has 0 radical (unpaired) electrons. The summed E-state index contributed by atoms with van der Waals surface area (Å²) in [6.45, 7) is 3.52. The molecule has 2 saturated heterocycles. The summed E-state index contributed by atoms with van der Waals surface area (Å²) in [5.41, 5.74) is -1.48. The molecular formula is C20H20N10O6S3. The molecule has 2 aliphatic heterocycles. The Bertz CT molecular complexity index is 1360. The largest absolute Gasteiger partial charge is 0.481 e. The highest BCUT2D eigenvalue weighted by Crippen LogP contribution is 2.44. The molecule has 2 aromatic rings. The lowest BCUT2D eigenvalue weighted by Crippen LogP contribution is -2.74. The summed E-state index contributed by atoms with van der Waals surface area (Å²) in [7, 11) is 0. The molecule has 4 rings (SSSR count). The van der Waals surface area contributed by atoms with Crippen LogP contribution in [0.3, 0.4) is 0 Å². The number of carboxylic acid groups (broad SMARTS) is 1. The predicted octanol–water partition coefficient (Wildman–Crippen LogP) is -0.609. The van der Waals surface area contributed by atoms with Gasteiger partial charge in [-0.25, -0.2) is 9.67 Å². The van der Waals surface area contributed by atoms with Gasteiger partial charge in [0.1, 0.15) is 28.6 Å². The van der Waals surface area contributed by atoms with E-state index in [9.17, 15) is 24.3 Å². The van der Waals surface area contributed by atoms with E-state index in [1.807, 2.05) is 0 Å². The summed E-state index contributed by atoms with van der Waals surface area (Å²) in [5.74, 6) is -2.00. The number of tetrazole rings is 1. The highest BCUT2D eigenvalue weighted by atomic mass is 32.2. The Hall–Kier alpha value is -4.02. The van der Waals surface area contributed by atoms with E-state index in [0.29, 0.717) is 18.1 Å². The molecule has 2 aliphatic rings. The molecule has 3 amide bonds. The first-order chi connectivity index (χ1) is 18.8. The first-order valence-corrected chi connectivity index (χ1v) is 13.9. The molecular weight excluding hydrogens is 572 g/mol. The predicted molar refractivity (Wildman–Crippen MR) is 139 cm³/mol. The van der Waals surface area contributed by atoms with Gasteiger partial charge in [-0.2, -0.15) is 5.26 Å². The second-order valence-electron chi connectivity index (χ2n) is 8.10. The Morgan fingerprint density at radius 1 is 1.49 bits per heavy atom. The second-order valence-corrected chi connectivity index (χ2v) is 11.0. The van der Waals surface area contributed by atoms with Crippen LogP contribution in [-0.2, 0) is 30.6 Å². The van der Waals surface area contributed by atoms with Crippen molar-refractivity contribution >= 4 is 69.9 Å². The number of hydrogen-bond donors (Lipinski definition) is 3. The lowest BCUT2D eigenvalue weighted by Gasteiger charge is -2.53. The van der Waals surface area contributed by atoms with E-state index in [2.05, 4.69) is 42.9 Å². The Morgan fingerprint density at radius 2 is 2.31 bits per heavy atom. The summed E-state index contributed by atoms with van der Waals surface area (Å²) >= 11 is 3.45. The van der Waals surface area contributed by atoms with Gasteiger partial charge in [0.15, 0.2) is 10.8 Å². The summed E-state index contributed by atoms with van der Waals surface area (Å²) in [5, 5.41) is 40.4. The van der Waals surface area contributed by atoms with E-state index in [1.165, 1.54) is 38.5 Å². The van der Waals surface area contributed by atoms with Crippen LogP contribution in [-0.4, -0.2) is 101 Å². The zero-order valence-electron chi connectivity index (χ0n) is 19.9. The van der Waals surface area contributed by atoms with Crippen molar-refractivity contribution in [1.82, 2.24) is 35.4 Å². The van der Waals surface area contributed by atoms with Crippen LogP contribution in [0.1, 0.15) is 5.69 Å². The van der Waals surface area contributed by atoms with Crippen LogP contribution in [0.2, 0.25) is 0 Å². The number of aromatic nitrogens is 5. The molecule has 4 heterocycles. The van der Waals surface area contributed by atoms with Gasteiger partial charge in [-0.05, 0) is 10.4 Å². The summed E-state index contributed by atoms with van der Waals surface area (Å²) in [6.07, 6.45) is 2.04. The van der Waals surface area contributed by atoms with Crippen molar-refractivity contribution in [1.29, 1.82) is 5.26 Å². The van der Waals surface area contributed by atoms with Crippen LogP contribution in [0.5, 0.6) is 0 Å². The third kappa shape index (κ3) is 5.86. The van der Waals surface area contributed by atoms with Gasteiger partial charge in [0.05, 0.1) is 6.54 Å². The molecule has 0 bridgehead atoms. The number of nitrogens with one attached hydrogen (secondary N) is 2. The fourth-order valence-corrected chi connectivity index (χ4v) is 7.09. The maximum Gasteiger partial charge on any atom is 0.313 e.